The Morgan fingerprint density at radius 1 is 1.05 bits per heavy atom. The number of carbonyl (C=O) groups excluding carboxylic acids is 2. The number of anilines is 2. The molecule has 2 amide bonds. The van der Waals surface area contributed by atoms with Crippen molar-refractivity contribution in [2.75, 3.05) is 29.8 Å². The summed E-state index contributed by atoms with van der Waals surface area (Å²) in [5.74, 6) is -0.421. The third-order valence-electron chi connectivity index (χ3n) is 5.73. The summed E-state index contributed by atoms with van der Waals surface area (Å²) in [6.45, 7) is 5.17. The van der Waals surface area contributed by atoms with Gasteiger partial charge in [-0.15, -0.1) is 0 Å². The number of carbonyl (C=O) groups is 2. The van der Waals surface area contributed by atoms with Crippen molar-refractivity contribution in [3.05, 3.63) is 88.0 Å². The first kappa shape index (κ1) is 29.1. The molecule has 0 aliphatic carbocycles. The van der Waals surface area contributed by atoms with E-state index in [4.69, 9.17) is 4.74 Å². The topological polar surface area (TPSA) is 148 Å². The average Bonchev–Trinajstić information content (AvgIpc) is 2.90. The maximum absolute atomic E-state index is 13.7. The number of ether oxygens (including phenoxy) is 1. The lowest BCUT2D eigenvalue weighted by Crippen LogP contribution is -2.38. The van der Waals surface area contributed by atoms with Crippen LogP contribution in [0.15, 0.2) is 71.6 Å². The van der Waals surface area contributed by atoms with E-state index in [1.165, 1.54) is 56.5 Å². The largest absolute Gasteiger partial charge is 0.497 e. The van der Waals surface area contributed by atoms with Gasteiger partial charge >= 0.3 is 0 Å². The fourth-order valence-electron chi connectivity index (χ4n) is 3.64. The van der Waals surface area contributed by atoms with Crippen molar-refractivity contribution in [3.63, 3.8) is 0 Å². The highest BCUT2D eigenvalue weighted by Crippen LogP contribution is 2.29. The van der Waals surface area contributed by atoms with Gasteiger partial charge in [-0.3, -0.25) is 24.0 Å². The van der Waals surface area contributed by atoms with Crippen molar-refractivity contribution >= 4 is 38.9 Å². The zero-order valence-corrected chi connectivity index (χ0v) is 22.8. The van der Waals surface area contributed by atoms with E-state index in [0.717, 1.165) is 10.4 Å². The minimum Gasteiger partial charge on any atom is -0.497 e. The number of hydrogen-bond donors (Lipinski definition) is 2. The predicted molar refractivity (Wildman–Crippen MR) is 148 cm³/mol. The number of methoxy groups -OCH3 is 1. The molecule has 0 unspecified atom stereocenters. The predicted octanol–water partition coefficient (Wildman–Crippen LogP) is 4.13. The Morgan fingerprint density at radius 2 is 1.72 bits per heavy atom. The molecule has 0 radical (unpaired) electrons. The van der Waals surface area contributed by atoms with Gasteiger partial charge in [-0.1, -0.05) is 32.0 Å². The molecular formula is C27H30N4O7S. The number of rotatable bonds is 11. The SMILES string of the molecule is COc1ccc(N(CC(=O)Nc2ccccc2C(=O)NCC(C)C)S(=O)(=O)c2ccc(C)c([N+](=O)[O-])c2)cc1. The molecular weight excluding hydrogens is 524 g/mol. The normalized spacial score (nSPS) is 11.1. The molecule has 3 rings (SSSR count). The van der Waals surface area contributed by atoms with E-state index in [1.807, 2.05) is 13.8 Å². The second-order valence-electron chi connectivity index (χ2n) is 9.11. The number of amides is 2. The summed E-state index contributed by atoms with van der Waals surface area (Å²) in [6.07, 6.45) is 0. The molecule has 39 heavy (non-hydrogen) atoms. The van der Waals surface area contributed by atoms with E-state index in [1.54, 1.807) is 18.2 Å². The van der Waals surface area contributed by atoms with Crippen LogP contribution in [-0.4, -0.2) is 45.4 Å². The number of nitrogens with zero attached hydrogens (tertiary/aromatic N) is 2. The van der Waals surface area contributed by atoms with E-state index in [2.05, 4.69) is 10.6 Å². The second kappa shape index (κ2) is 12.4. The average molecular weight is 555 g/mol. The molecule has 0 aliphatic rings. The summed E-state index contributed by atoms with van der Waals surface area (Å²) in [4.78, 5) is 36.3. The molecule has 0 aromatic heterocycles. The second-order valence-corrected chi connectivity index (χ2v) is 11.0. The molecule has 3 aromatic carbocycles. The van der Waals surface area contributed by atoms with Crippen LogP contribution in [0.5, 0.6) is 5.75 Å². The minimum absolute atomic E-state index is 0.136. The van der Waals surface area contributed by atoms with Crippen molar-refractivity contribution < 1.29 is 27.7 Å². The smallest absolute Gasteiger partial charge is 0.273 e. The van der Waals surface area contributed by atoms with E-state index < -0.39 is 27.4 Å². The van der Waals surface area contributed by atoms with Crippen molar-refractivity contribution in [2.24, 2.45) is 5.92 Å². The van der Waals surface area contributed by atoms with E-state index in [-0.39, 0.29) is 39.3 Å². The number of nitro groups is 1. The van der Waals surface area contributed by atoms with Gasteiger partial charge in [-0.25, -0.2) is 8.42 Å². The van der Waals surface area contributed by atoms with Crippen LogP contribution in [0.1, 0.15) is 29.8 Å². The van der Waals surface area contributed by atoms with Crippen molar-refractivity contribution in [1.29, 1.82) is 0 Å². The highest BCUT2D eigenvalue weighted by molar-refractivity contribution is 7.92. The molecule has 0 saturated heterocycles. The molecule has 11 nitrogen and oxygen atoms in total. The van der Waals surface area contributed by atoms with Gasteiger partial charge < -0.3 is 15.4 Å². The Balaban J connectivity index is 1.97. The lowest BCUT2D eigenvalue weighted by Gasteiger charge is -2.24. The van der Waals surface area contributed by atoms with Gasteiger partial charge in [0.1, 0.15) is 12.3 Å². The number of hydrogen-bond acceptors (Lipinski definition) is 7. The first-order valence-electron chi connectivity index (χ1n) is 12.0. The Labute approximate surface area is 227 Å². The Kier molecular flexibility index (Phi) is 9.25. The monoisotopic (exact) mass is 554 g/mol. The molecule has 0 aliphatic heterocycles. The lowest BCUT2D eigenvalue weighted by atomic mass is 10.1. The Hall–Kier alpha value is -4.45. The molecule has 0 fully saturated rings. The van der Waals surface area contributed by atoms with Gasteiger partial charge in [0.05, 0.1) is 33.9 Å². The standard InChI is InChI=1S/C27H30N4O7S/c1-18(2)16-28-27(33)23-7-5-6-8-24(23)29-26(32)17-30(20-10-12-21(38-4)13-11-20)39(36,37)22-14-9-19(3)25(15-22)31(34)35/h5-15,18H,16-17H2,1-4H3,(H,28,33)(H,29,32). The zero-order chi connectivity index (χ0) is 28.7. The molecule has 3 aromatic rings. The Bertz CT molecular complexity index is 1470. The summed E-state index contributed by atoms with van der Waals surface area (Å²) < 4.78 is 33.4. The molecule has 0 atom stereocenters. The molecule has 0 heterocycles. The van der Waals surface area contributed by atoms with Crippen LogP contribution < -0.4 is 19.7 Å². The van der Waals surface area contributed by atoms with Gasteiger partial charge in [-0.2, -0.15) is 0 Å². The highest BCUT2D eigenvalue weighted by Gasteiger charge is 2.29. The van der Waals surface area contributed by atoms with Crippen molar-refractivity contribution in [1.82, 2.24) is 5.32 Å². The number of nitrogens with one attached hydrogen (secondary N) is 2. The molecule has 0 bridgehead atoms. The summed E-state index contributed by atoms with van der Waals surface area (Å²) in [5.41, 5.74) is 0.495. The molecule has 0 spiro atoms. The van der Waals surface area contributed by atoms with Crippen LogP contribution in [0, 0.1) is 23.0 Å². The van der Waals surface area contributed by atoms with Crippen LogP contribution in [0.4, 0.5) is 17.1 Å². The van der Waals surface area contributed by atoms with Crippen LogP contribution in [0.3, 0.4) is 0 Å². The highest BCUT2D eigenvalue weighted by atomic mass is 32.2. The number of benzene rings is 3. The van der Waals surface area contributed by atoms with Gasteiger partial charge in [-0.05, 0) is 55.3 Å². The van der Waals surface area contributed by atoms with Crippen molar-refractivity contribution in [3.8, 4) is 5.75 Å². The quantitative estimate of drug-likeness (QED) is 0.267. The number of sulfonamides is 1. The van der Waals surface area contributed by atoms with Crippen LogP contribution in [0.25, 0.3) is 0 Å². The first-order chi connectivity index (χ1) is 18.4. The zero-order valence-electron chi connectivity index (χ0n) is 22.0. The van der Waals surface area contributed by atoms with Crippen LogP contribution >= 0.6 is 0 Å². The summed E-state index contributed by atoms with van der Waals surface area (Å²) in [7, 11) is -2.97. The summed E-state index contributed by atoms with van der Waals surface area (Å²) in [6, 6.07) is 15.9. The Morgan fingerprint density at radius 3 is 2.33 bits per heavy atom. The molecule has 2 N–H and O–H groups in total. The van der Waals surface area contributed by atoms with Gasteiger partial charge in [0.25, 0.3) is 21.6 Å². The van der Waals surface area contributed by atoms with Gasteiger partial charge in [0, 0.05) is 18.2 Å². The van der Waals surface area contributed by atoms with E-state index in [9.17, 15) is 28.1 Å². The molecule has 0 saturated carbocycles. The van der Waals surface area contributed by atoms with Crippen LogP contribution in [0.2, 0.25) is 0 Å². The molecule has 12 heteroatoms. The fourth-order valence-corrected chi connectivity index (χ4v) is 5.08. The van der Waals surface area contributed by atoms with E-state index >= 15 is 0 Å². The summed E-state index contributed by atoms with van der Waals surface area (Å²) >= 11 is 0. The van der Waals surface area contributed by atoms with E-state index in [0.29, 0.717) is 17.9 Å². The number of para-hydroxylation sites is 1. The number of nitro benzene ring substituents is 1. The minimum atomic E-state index is -4.43. The van der Waals surface area contributed by atoms with Gasteiger partial charge in [0.2, 0.25) is 5.91 Å². The van der Waals surface area contributed by atoms with Crippen molar-refractivity contribution in [2.45, 2.75) is 25.7 Å². The summed E-state index contributed by atoms with van der Waals surface area (Å²) in [5, 5.41) is 16.9. The maximum atomic E-state index is 13.7. The van der Waals surface area contributed by atoms with Crippen LogP contribution in [-0.2, 0) is 14.8 Å². The third-order valence-corrected chi connectivity index (χ3v) is 7.50. The molecule has 206 valence electrons. The fraction of sp³-hybridized carbons (Fsp3) is 0.259. The van der Waals surface area contributed by atoms with Gasteiger partial charge in [0.15, 0.2) is 0 Å². The third kappa shape index (κ3) is 7.11. The lowest BCUT2D eigenvalue weighted by molar-refractivity contribution is -0.385. The number of aryl methyl sites for hydroxylation is 1. The maximum Gasteiger partial charge on any atom is 0.273 e. The first-order valence-corrected chi connectivity index (χ1v) is 13.5.